The summed E-state index contributed by atoms with van der Waals surface area (Å²) in [5, 5.41) is 7.68. The first kappa shape index (κ1) is 21.2. The predicted molar refractivity (Wildman–Crippen MR) is 116 cm³/mol. The second kappa shape index (κ2) is 8.49. The van der Waals surface area contributed by atoms with Crippen molar-refractivity contribution >= 4 is 28.3 Å². The monoisotopic (exact) mass is 407 g/mol. The first-order chi connectivity index (χ1) is 14.2. The van der Waals surface area contributed by atoms with Gasteiger partial charge in [0, 0.05) is 18.1 Å². The molecular weight excluding hydrogens is 382 g/mol. The van der Waals surface area contributed by atoms with Crippen molar-refractivity contribution in [1.29, 1.82) is 0 Å². The first-order valence-corrected chi connectivity index (χ1v) is 9.78. The molecule has 156 valence electrons. The van der Waals surface area contributed by atoms with Crippen LogP contribution in [0.1, 0.15) is 48.3 Å². The standard InChI is InChI=1S/C23H25N3O4/c1-13(2)16-12-8-9-14(3)19(16)24-21(27)15(4)30-23(29)20-17-10-6-7-11-18(17)22(28)26(5)25-20/h6-13,15H,1-5H3,(H,24,27)/t15-/m1/s1. The third kappa shape index (κ3) is 4.10. The van der Waals surface area contributed by atoms with Crippen LogP contribution in [0.2, 0.25) is 0 Å². The smallest absolute Gasteiger partial charge is 0.360 e. The van der Waals surface area contributed by atoms with Gasteiger partial charge in [0.25, 0.3) is 11.5 Å². The maximum Gasteiger partial charge on any atom is 0.360 e. The van der Waals surface area contributed by atoms with Crippen molar-refractivity contribution in [3.8, 4) is 0 Å². The Morgan fingerprint density at radius 3 is 2.37 bits per heavy atom. The maximum absolute atomic E-state index is 12.8. The van der Waals surface area contributed by atoms with Gasteiger partial charge in [-0.3, -0.25) is 9.59 Å². The van der Waals surface area contributed by atoms with Crippen LogP contribution in [-0.2, 0) is 16.6 Å². The number of benzene rings is 2. The molecule has 0 bridgehead atoms. The topological polar surface area (TPSA) is 90.3 Å². The van der Waals surface area contributed by atoms with Gasteiger partial charge in [0.05, 0.1) is 5.39 Å². The van der Waals surface area contributed by atoms with Crippen molar-refractivity contribution < 1.29 is 14.3 Å². The Kier molecular flexibility index (Phi) is 6.01. The molecule has 0 saturated carbocycles. The zero-order valence-corrected chi connectivity index (χ0v) is 17.7. The molecule has 3 aromatic rings. The van der Waals surface area contributed by atoms with Crippen molar-refractivity contribution in [1.82, 2.24) is 9.78 Å². The minimum absolute atomic E-state index is 0.00823. The van der Waals surface area contributed by atoms with Crippen LogP contribution >= 0.6 is 0 Å². The van der Waals surface area contributed by atoms with Crippen molar-refractivity contribution in [2.75, 3.05) is 5.32 Å². The number of hydrogen-bond acceptors (Lipinski definition) is 5. The predicted octanol–water partition coefficient (Wildman–Crippen LogP) is 3.55. The van der Waals surface area contributed by atoms with E-state index in [0.717, 1.165) is 21.5 Å². The summed E-state index contributed by atoms with van der Waals surface area (Å²) in [4.78, 5) is 37.7. The Morgan fingerprint density at radius 2 is 1.70 bits per heavy atom. The molecule has 1 amide bonds. The lowest BCUT2D eigenvalue weighted by Crippen LogP contribution is -2.32. The summed E-state index contributed by atoms with van der Waals surface area (Å²) in [6.45, 7) is 7.51. The molecule has 0 aliphatic carbocycles. The molecule has 0 fully saturated rings. The molecule has 30 heavy (non-hydrogen) atoms. The minimum atomic E-state index is -1.05. The van der Waals surface area contributed by atoms with Crippen LogP contribution in [-0.4, -0.2) is 27.8 Å². The van der Waals surface area contributed by atoms with Gasteiger partial charge in [-0.1, -0.05) is 50.2 Å². The average Bonchev–Trinajstić information content (AvgIpc) is 2.71. The van der Waals surface area contributed by atoms with E-state index in [0.29, 0.717) is 10.8 Å². The zero-order chi connectivity index (χ0) is 22.0. The molecule has 0 saturated heterocycles. The number of carbonyl (C=O) groups is 2. The number of para-hydroxylation sites is 1. The van der Waals surface area contributed by atoms with E-state index in [2.05, 4.69) is 10.4 Å². The lowest BCUT2D eigenvalue weighted by Gasteiger charge is -2.19. The van der Waals surface area contributed by atoms with Crippen molar-refractivity contribution in [2.24, 2.45) is 7.05 Å². The summed E-state index contributed by atoms with van der Waals surface area (Å²) in [5.74, 6) is -0.980. The third-order valence-corrected chi connectivity index (χ3v) is 4.98. The van der Waals surface area contributed by atoms with Gasteiger partial charge < -0.3 is 10.1 Å². The first-order valence-electron chi connectivity index (χ1n) is 9.78. The average molecular weight is 407 g/mol. The lowest BCUT2D eigenvalue weighted by atomic mass is 9.98. The van der Waals surface area contributed by atoms with Crippen LogP contribution in [0.4, 0.5) is 5.69 Å². The number of esters is 1. The third-order valence-electron chi connectivity index (χ3n) is 4.98. The Morgan fingerprint density at radius 1 is 1.03 bits per heavy atom. The fourth-order valence-corrected chi connectivity index (χ4v) is 3.29. The van der Waals surface area contributed by atoms with Gasteiger partial charge in [0.1, 0.15) is 0 Å². The van der Waals surface area contributed by atoms with Crippen molar-refractivity contribution in [2.45, 2.75) is 39.7 Å². The molecular formula is C23H25N3O4. The molecule has 0 unspecified atom stereocenters. The van der Waals surface area contributed by atoms with Crippen LogP contribution in [0, 0.1) is 6.92 Å². The lowest BCUT2D eigenvalue weighted by molar-refractivity contribution is -0.123. The molecule has 3 rings (SSSR count). The number of ether oxygens (including phenoxy) is 1. The van der Waals surface area contributed by atoms with E-state index < -0.39 is 18.0 Å². The molecule has 7 heteroatoms. The van der Waals surface area contributed by atoms with Gasteiger partial charge in [0.15, 0.2) is 11.8 Å². The number of aromatic nitrogens is 2. The Balaban J connectivity index is 1.84. The van der Waals surface area contributed by atoms with Gasteiger partial charge in [-0.25, -0.2) is 9.48 Å². The summed E-state index contributed by atoms with van der Waals surface area (Å²) in [6, 6.07) is 12.5. The highest BCUT2D eigenvalue weighted by Gasteiger charge is 2.24. The molecule has 2 aromatic carbocycles. The summed E-state index contributed by atoms with van der Waals surface area (Å²) in [6.07, 6.45) is -1.05. The van der Waals surface area contributed by atoms with Gasteiger partial charge in [-0.05, 0) is 37.0 Å². The van der Waals surface area contributed by atoms with Gasteiger partial charge in [-0.2, -0.15) is 5.10 Å². The molecule has 0 aliphatic heterocycles. The summed E-state index contributed by atoms with van der Waals surface area (Å²) in [7, 11) is 1.47. The second-order valence-electron chi connectivity index (χ2n) is 7.55. The van der Waals surface area contributed by atoms with E-state index in [9.17, 15) is 14.4 Å². The van der Waals surface area contributed by atoms with Crippen LogP contribution in [0.3, 0.4) is 0 Å². The van der Waals surface area contributed by atoms with E-state index >= 15 is 0 Å². The fourth-order valence-electron chi connectivity index (χ4n) is 3.29. The fraction of sp³-hybridized carbons (Fsp3) is 0.304. The molecule has 0 spiro atoms. The second-order valence-corrected chi connectivity index (χ2v) is 7.55. The Hall–Kier alpha value is -3.48. The number of aryl methyl sites for hydroxylation is 2. The van der Waals surface area contributed by atoms with Crippen LogP contribution in [0.5, 0.6) is 0 Å². The minimum Gasteiger partial charge on any atom is -0.448 e. The maximum atomic E-state index is 12.8. The molecule has 0 aliphatic rings. The number of anilines is 1. The van der Waals surface area contributed by atoms with Gasteiger partial charge in [-0.15, -0.1) is 0 Å². The Bertz CT molecular complexity index is 1180. The van der Waals surface area contributed by atoms with E-state index in [4.69, 9.17) is 4.74 Å². The number of fused-ring (bicyclic) bond motifs is 1. The van der Waals surface area contributed by atoms with E-state index in [1.807, 2.05) is 39.0 Å². The number of carbonyl (C=O) groups excluding carboxylic acids is 2. The van der Waals surface area contributed by atoms with Crippen LogP contribution in [0.25, 0.3) is 10.8 Å². The summed E-state index contributed by atoms with van der Waals surface area (Å²) < 4.78 is 6.47. The molecule has 1 aromatic heterocycles. The SMILES string of the molecule is Cc1cccc(C(C)C)c1NC(=O)[C@@H](C)OC(=O)c1nn(C)c(=O)c2ccccc12. The number of hydrogen-bond donors (Lipinski definition) is 1. The van der Waals surface area contributed by atoms with E-state index in [1.165, 1.54) is 14.0 Å². The number of amides is 1. The largest absolute Gasteiger partial charge is 0.448 e. The number of nitrogens with zero attached hydrogens (tertiary/aromatic N) is 2. The Labute approximate surface area is 174 Å². The highest BCUT2D eigenvalue weighted by molar-refractivity contribution is 6.04. The highest BCUT2D eigenvalue weighted by Crippen LogP contribution is 2.27. The van der Waals surface area contributed by atoms with E-state index in [1.54, 1.807) is 24.3 Å². The molecule has 7 nitrogen and oxygen atoms in total. The quantitative estimate of drug-likeness (QED) is 0.653. The molecule has 0 radical (unpaired) electrons. The molecule has 1 atom stereocenters. The normalized spacial score (nSPS) is 12.1. The number of rotatable bonds is 5. The zero-order valence-electron chi connectivity index (χ0n) is 17.7. The molecule has 1 heterocycles. The number of nitrogens with one attached hydrogen (secondary N) is 1. The van der Waals surface area contributed by atoms with Crippen LogP contribution < -0.4 is 10.9 Å². The van der Waals surface area contributed by atoms with Crippen molar-refractivity contribution in [3.05, 3.63) is 69.6 Å². The van der Waals surface area contributed by atoms with E-state index in [-0.39, 0.29) is 17.2 Å². The van der Waals surface area contributed by atoms with Crippen molar-refractivity contribution in [3.63, 3.8) is 0 Å². The van der Waals surface area contributed by atoms with Gasteiger partial charge >= 0.3 is 5.97 Å². The molecule has 1 N–H and O–H groups in total. The van der Waals surface area contributed by atoms with Crippen LogP contribution in [0.15, 0.2) is 47.3 Å². The summed E-state index contributed by atoms with van der Waals surface area (Å²) in [5.41, 5.74) is 2.34. The highest BCUT2D eigenvalue weighted by atomic mass is 16.5. The van der Waals surface area contributed by atoms with Gasteiger partial charge in [0.2, 0.25) is 0 Å². The summed E-state index contributed by atoms with van der Waals surface area (Å²) >= 11 is 0.